The van der Waals surface area contributed by atoms with Crippen LogP contribution >= 0.6 is 0 Å². The third kappa shape index (κ3) is 2.99. The van der Waals surface area contributed by atoms with Gasteiger partial charge in [-0.05, 0) is 18.6 Å². The fourth-order valence-corrected chi connectivity index (χ4v) is 1.59. The molecule has 4 heteroatoms. The van der Waals surface area contributed by atoms with E-state index in [-0.39, 0.29) is 6.29 Å². The largest absolute Gasteiger partial charge is 0.387 e. The van der Waals surface area contributed by atoms with Gasteiger partial charge in [-0.3, -0.25) is 4.98 Å². The molecule has 2 rings (SSSR count). The van der Waals surface area contributed by atoms with Gasteiger partial charge in [0, 0.05) is 12.6 Å². The molecule has 15 heavy (non-hydrogen) atoms. The monoisotopic (exact) mass is 209 g/mol. The fourth-order valence-electron chi connectivity index (χ4n) is 1.59. The van der Waals surface area contributed by atoms with Crippen molar-refractivity contribution in [3.8, 4) is 0 Å². The SMILES string of the molecule is OC(CCC1OCCO1)c1ccccn1. The topological polar surface area (TPSA) is 51.6 Å². The van der Waals surface area contributed by atoms with Gasteiger partial charge in [0.25, 0.3) is 0 Å². The second-order valence-electron chi connectivity index (χ2n) is 3.52. The molecule has 1 saturated heterocycles. The summed E-state index contributed by atoms with van der Waals surface area (Å²) in [5.74, 6) is 0. The number of nitrogens with zero attached hydrogens (tertiary/aromatic N) is 1. The molecule has 1 aliphatic heterocycles. The van der Waals surface area contributed by atoms with E-state index in [0.717, 1.165) is 0 Å². The first kappa shape index (κ1) is 10.5. The Labute approximate surface area is 88.9 Å². The Balaban J connectivity index is 1.79. The van der Waals surface area contributed by atoms with E-state index in [1.165, 1.54) is 0 Å². The highest BCUT2D eigenvalue weighted by molar-refractivity contribution is 5.06. The quantitative estimate of drug-likeness (QED) is 0.811. The van der Waals surface area contributed by atoms with E-state index in [1.54, 1.807) is 6.20 Å². The van der Waals surface area contributed by atoms with E-state index in [9.17, 15) is 5.11 Å². The molecule has 0 aliphatic carbocycles. The lowest BCUT2D eigenvalue weighted by molar-refractivity contribution is -0.0543. The standard InChI is InChI=1S/C11H15NO3/c13-10(9-3-1-2-6-12-9)4-5-11-14-7-8-15-11/h1-3,6,10-11,13H,4-5,7-8H2. The summed E-state index contributed by atoms with van der Waals surface area (Å²) in [6.45, 7) is 1.31. The number of pyridine rings is 1. The Bertz CT molecular complexity index is 285. The minimum Gasteiger partial charge on any atom is -0.387 e. The molecular weight excluding hydrogens is 194 g/mol. The average Bonchev–Trinajstić information content (AvgIpc) is 2.80. The third-order valence-corrected chi connectivity index (χ3v) is 2.40. The van der Waals surface area contributed by atoms with Crippen molar-refractivity contribution in [2.24, 2.45) is 0 Å². The van der Waals surface area contributed by atoms with Crippen LogP contribution in [0, 0.1) is 0 Å². The van der Waals surface area contributed by atoms with Crippen molar-refractivity contribution < 1.29 is 14.6 Å². The molecule has 0 amide bonds. The molecule has 0 spiro atoms. The zero-order valence-corrected chi connectivity index (χ0v) is 8.50. The molecule has 1 aromatic heterocycles. The minimum atomic E-state index is -0.529. The summed E-state index contributed by atoms with van der Waals surface area (Å²) in [6.07, 6.45) is 2.32. The number of aliphatic hydroxyl groups is 1. The van der Waals surface area contributed by atoms with Crippen LogP contribution in [0.2, 0.25) is 0 Å². The maximum atomic E-state index is 9.81. The maximum Gasteiger partial charge on any atom is 0.157 e. The van der Waals surface area contributed by atoms with E-state index < -0.39 is 6.10 Å². The Hall–Kier alpha value is -0.970. The summed E-state index contributed by atoms with van der Waals surface area (Å²) in [6, 6.07) is 5.52. The van der Waals surface area contributed by atoms with Crippen LogP contribution in [0.3, 0.4) is 0 Å². The highest BCUT2D eigenvalue weighted by Crippen LogP contribution is 2.19. The second kappa shape index (κ2) is 5.21. The fraction of sp³-hybridized carbons (Fsp3) is 0.545. The molecule has 0 aromatic carbocycles. The number of ether oxygens (including phenoxy) is 2. The molecule has 1 aliphatic rings. The normalized spacial score (nSPS) is 19.3. The van der Waals surface area contributed by atoms with Crippen LogP contribution in [0.25, 0.3) is 0 Å². The molecule has 0 bridgehead atoms. The molecule has 0 saturated carbocycles. The number of aliphatic hydroxyl groups excluding tert-OH is 1. The van der Waals surface area contributed by atoms with Crippen LogP contribution in [-0.4, -0.2) is 29.6 Å². The van der Waals surface area contributed by atoms with Gasteiger partial charge in [0.2, 0.25) is 0 Å². The van der Waals surface area contributed by atoms with Crippen molar-refractivity contribution in [2.45, 2.75) is 25.2 Å². The predicted molar refractivity (Wildman–Crippen MR) is 54.1 cm³/mol. The van der Waals surface area contributed by atoms with Crippen LogP contribution in [0.15, 0.2) is 24.4 Å². The van der Waals surface area contributed by atoms with Crippen molar-refractivity contribution >= 4 is 0 Å². The summed E-state index contributed by atoms with van der Waals surface area (Å²) in [5.41, 5.74) is 0.704. The highest BCUT2D eigenvalue weighted by atomic mass is 16.7. The van der Waals surface area contributed by atoms with Gasteiger partial charge in [-0.15, -0.1) is 0 Å². The van der Waals surface area contributed by atoms with Gasteiger partial charge in [-0.25, -0.2) is 0 Å². The molecule has 2 heterocycles. The zero-order valence-electron chi connectivity index (χ0n) is 8.50. The number of aromatic nitrogens is 1. The minimum absolute atomic E-state index is 0.150. The van der Waals surface area contributed by atoms with Gasteiger partial charge in [0.15, 0.2) is 6.29 Å². The molecule has 1 aromatic rings. The van der Waals surface area contributed by atoms with Crippen molar-refractivity contribution in [1.82, 2.24) is 4.98 Å². The Kier molecular flexibility index (Phi) is 3.66. The number of hydrogen-bond acceptors (Lipinski definition) is 4. The lowest BCUT2D eigenvalue weighted by Gasteiger charge is -2.12. The van der Waals surface area contributed by atoms with E-state index >= 15 is 0 Å². The van der Waals surface area contributed by atoms with Crippen LogP contribution in [-0.2, 0) is 9.47 Å². The summed E-state index contributed by atoms with van der Waals surface area (Å²) < 4.78 is 10.6. The van der Waals surface area contributed by atoms with Crippen LogP contribution in [0.5, 0.6) is 0 Å². The van der Waals surface area contributed by atoms with Gasteiger partial charge in [-0.1, -0.05) is 6.07 Å². The summed E-state index contributed by atoms with van der Waals surface area (Å²) in [4.78, 5) is 4.09. The summed E-state index contributed by atoms with van der Waals surface area (Å²) in [5, 5.41) is 9.81. The first-order chi connectivity index (χ1) is 7.36. The summed E-state index contributed by atoms with van der Waals surface area (Å²) >= 11 is 0. The van der Waals surface area contributed by atoms with Crippen LogP contribution in [0.1, 0.15) is 24.6 Å². The molecule has 4 nitrogen and oxygen atoms in total. The average molecular weight is 209 g/mol. The molecular formula is C11H15NO3. The van der Waals surface area contributed by atoms with Gasteiger partial charge < -0.3 is 14.6 Å². The Morgan fingerprint density at radius 1 is 1.40 bits per heavy atom. The van der Waals surface area contributed by atoms with Crippen LogP contribution < -0.4 is 0 Å². The van der Waals surface area contributed by atoms with Crippen molar-refractivity contribution in [2.75, 3.05) is 13.2 Å². The van der Waals surface area contributed by atoms with Gasteiger partial charge in [0.05, 0.1) is 25.0 Å². The van der Waals surface area contributed by atoms with Crippen LogP contribution in [0.4, 0.5) is 0 Å². The molecule has 0 radical (unpaired) electrons. The third-order valence-electron chi connectivity index (χ3n) is 2.40. The van der Waals surface area contributed by atoms with Gasteiger partial charge in [0.1, 0.15) is 0 Å². The van der Waals surface area contributed by atoms with Crippen molar-refractivity contribution in [3.05, 3.63) is 30.1 Å². The summed E-state index contributed by atoms with van der Waals surface area (Å²) in [7, 11) is 0. The molecule has 1 fully saturated rings. The van der Waals surface area contributed by atoms with Gasteiger partial charge >= 0.3 is 0 Å². The number of rotatable bonds is 4. The first-order valence-corrected chi connectivity index (χ1v) is 5.18. The second-order valence-corrected chi connectivity index (χ2v) is 3.52. The molecule has 82 valence electrons. The lowest BCUT2D eigenvalue weighted by Crippen LogP contribution is -2.10. The smallest absolute Gasteiger partial charge is 0.157 e. The van der Waals surface area contributed by atoms with E-state index in [2.05, 4.69) is 4.98 Å². The zero-order chi connectivity index (χ0) is 10.5. The van der Waals surface area contributed by atoms with E-state index in [4.69, 9.17) is 9.47 Å². The van der Waals surface area contributed by atoms with E-state index in [0.29, 0.717) is 31.7 Å². The Morgan fingerprint density at radius 3 is 2.87 bits per heavy atom. The lowest BCUT2D eigenvalue weighted by atomic mass is 10.1. The molecule has 1 unspecified atom stereocenters. The molecule has 1 atom stereocenters. The molecule has 1 N–H and O–H groups in total. The van der Waals surface area contributed by atoms with E-state index in [1.807, 2.05) is 18.2 Å². The number of hydrogen-bond donors (Lipinski definition) is 1. The predicted octanol–water partition coefficient (Wildman–Crippen LogP) is 1.27. The van der Waals surface area contributed by atoms with Gasteiger partial charge in [-0.2, -0.15) is 0 Å². The maximum absolute atomic E-state index is 9.81. The highest BCUT2D eigenvalue weighted by Gasteiger charge is 2.18. The van der Waals surface area contributed by atoms with Crippen molar-refractivity contribution in [3.63, 3.8) is 0 Å². The Morgan fingerprint density at radius 2 is 2.20 bits per heavy atom. The van der Waals surface area contributed by atoms with Crippen molar-refractivity contribution in [1.29, 1.82) is 0 Å². The first-order valence-electron chi connectivity index (χ1n) is 5.18.